The van der Waals surface area contributed by atoms with Crippen LogP contribution in [-0.2, 0) is 0 Å². The number of rotatable bonds is 1. The van der Waals surface area contributed by atoms with Gasteiger partial charge in [0.15, 0.2) is 5.82 Å². The number of hydrogen-bond donors (Lipinski definition) is 2. The monoisotopic (exact) mass is 154 g/mol. The Bertz CT molecular complexity index is 274. The van der Waals surface area contributed by atoms with Crippen LogP contribution in [0.5, 0.6) is 0 Å². The largest absolute Gasteiger partial charge is 0.754 e. The number of nitrogens with zero attached hydrogens (tertiary/aromatic N) is 2. The standard InChI is InChI=1S/C6H10N4O/c1-4-3-5(8-2)10(11)6(7)9-4/h3,8H,1-2H3,(H2,7,9). The van der Waals surface area contributed by atoms with Crippen molar-refractivity contribution < 1.29 is 4.73 Å². The number of aryl methyl sites for hydroxylation is 1. The highest BCUT2D eigenvalue weighted by molar-refractivity contribution is 5.31. The quantitative estimate of drug-likeness (QED) is 0.428. The van der Waals surface area contributed by atoms with Crippen LogP contribution in [0, 0.1) is 12.1 Å². The van der Waals surface area contributed by atoms with Gasteiger partial charge in [0.05, 0.1) is 0 Å². The van der Waals surface area contributed by atoms with E-state index in [9.17, 15) is 5.21 Å². The van der Waals surface area contributed by atoms with E-state index in [-0.39, 0.29) is 5.95 Å². The molecule has 0 atom stereocenters. The summed E-state index contributed by atoms with van der Waals surface area (Å²) >= 11 is 0. The van der Waals surface area contributed by atoms with E-state index < -0.39 is 0 Å². The molecule has 1 aromatic heterocycles. The first-order valence-electron chi connectivity index (χ1n) is 3.19. The van der Waals surface area contributed by atoms with E-state index in [1.807, 2.05) is 0 Å². The van der Waals surface area contributed by atoms with Crippen LogP contribution in [0.2, 0.25) is 0 Å². The highest BCUT2D eigenvalue weighted by atomic mass is 16.5. The molecular formula is C6H10N4O. The van der Waals surface area contributed by atoms with E-state index in [1.165, 1.54) is 0 Å². The van der Waals surface area contributed by atoms with Crippen molar-refractivity contribution in [3.05, 3.63) is 17.0 Å². The van der Waals surface area contributed by atoms with Crippen molar-refractivity contribution in [2.45, 2.75) is 6.92 Å². The van der Waals surface area contributed by atoms with Gasteiger partial charge in [-0.05, 0) is 6.92 Å². The molecule has 0 aliphatic carbocycles. The molecule has 0 spiro atoms. The topological polar surface area (TPSA) is 77.9 Å². The number of hydrogen-bond acceptors (Lipinski definition) is 4. The van der Waals surface area contributed by atoms with Crippen molar-refractivity contribution >= 4 is 11.8 Å². The summed E-state index contributed by atoms with van der Waals surface area (Å²) in [6, 6.07) is 1.63. The molecule has 11 heavy (non-hydrogen) atoms. The fourth-order valence-electron chi connectivity index (χ4n) is 0.812. The third kappa shape index (κ3) is 1.31. The molecule has 0 amide bonds. The molecule has 3 N–H and O–H groups in total. The highest BCUT2D eigenvalue weighted by Gasteiger charge is 2.04. The minimum atomic E-state index is -0.0330. The summed E-state index contributed by atoms with van der Waals surface area (Å²) in [5.41, 5.74) is 6.02. The van der Waals surface area contributed by atoms with E-state index >= 15 is 0 Å². The first-order chi connectivity index (χ1) is 5.15. The molecule has 60 valence electrons. The Kier molecular flexibility index (Phi) is 1.80. The lowest BCUT2D eigenvalue weighted by atomic mass is 10.4. The Morgan fingerprint density at radius 1 is 1.73 bits per heavy atom. The summed E-state index contributed by atoms with van der Waals surface area (Å²) in [4.78, 5) is 3.77. The smallest absolute Gasteiger partial charge is 0.344 e. The molecule has 1 heterocycles. The minimum Gasteiger partial charge on any atom is -0.754 e. The van der Waals surface area contributed by atoms with Gasteiger partial charge in [-0.1, -0.05) is 0 Å². The van der Waals surface area contributed by atoms with Gasteiger partial charge >= 0.3 is 5.95 Å². The first-order valence-corrected chi connectivity index (χ1v) is 3.19. The Balaban J connectivity index is 3.24. The summed E-state index contributed by atoms with van der Waals surface area (Å²) in [7, 11) is 1.66. The Labute approximate surface area is 64.4 Å². The number of nitrogens with two attached hydrogens (primary N) is 1. The summed E-state index contributed by atoms with van der Waals surface area (Å²) in [6.45, 7) is 1.78. The SMILES string of the molecule is CNc1cc(C)nc(N)[n+]1[O-]. The van der Waals surface area contributed by atoms with Crippen LogP contribution in [0.4, 0.5) is 11.8 Å². The van der Waals surface area contributed by atoms with Crippen LogP contribution in [0.25, 0.3) is 0 Å². The van der Waals surface area contributed by atoms with E-state index in [1.54, 1.807) is 20.0 Å². The third-order valence-corrected chi connectivity index (χ3v) is 1.32. The fraction of sp³-hybridized carbons (Fsp3) is 0.333. The van der Waals surface area contributed by atoms with Gasteiger partial charge in [0.1, 0.15) is 5.69 Å². The lowest BCUT2D eigenvalue weighted by molar-refractivity contribution is -0.577. The molecule has 0 saturated carbocycles. The molecule has 0 aliphatic heterocycles. The molecule has 5 nitrogen and oxygen atoms in total. The van der Waals surface area contributed by atoms with Crippen LogP contribution < -0.4 is 15.8 Å². The van der Waals surface area contributed by atoms with Gasteiger partial charge in [0.2, 0.25) is 0 Å². The summed E-state index contributed by atoms with van der Waals surface area (Å²) in [5.74, 6) is 0.379. The first kappa shape index (κ1) is 7.59. The van der Waals surface area contributed by atoms with E-state index in [0.717, 1.165) is 5.69 Å². The van der Waals surface area contributed by atoms with E-state index in [4.69, 9.17) is 5.73 Å². The molecule has 0 radical (unpaired) electrons. The van der Waals surface area contributed by atoms with Crippen molar-refractivity contribution in [1.29, 1.82) is 0 Å². The van der Waals surface area contributed by atoms with Crippen molar-refractivity contribution in [3.8, 4) is 0 Å². The van der Waals surface area contributed by atoms with Crippen molar-refractivity contribution in [1.82, 2.24) is 4.98 Å². The minimum absolute atomic E-state index is 0.0330. The van der Waals surface area contributed by atoms with Crippen LogP contribution >= 0.6 is 0 Å². The van der Waals surface area contributed by atoms with Crippen molar-refractivity contribution in [2.24, 2.45) is 0 Å². The Hall–Kier alpha value is -1.52. The van der Waals surface area contributed by atoms with Crippen LogP contribution in [-0.4, -0.2) is 12.0 Å². The highest BCUT2D eigenvalue weighted by Crippen LogP contribution is 2.02. The molecule has 0 fully saturated rings. The molecule has 5 heteroatoms. The van der Waals surface area contributed by atoms with Gasteiger partial charge in [-0.25, -0.2) is 4.73 Å². The van der Waals surface area contributed by atoms with Gasteiger partial charge in [0, 0.05) is 13.1 Å². The van der Waals surface area contributed by atoms with E-state index in [2.05, 4.69) is 10.3 Å². The molecule has 0 saturated heterocycles. The Morgan fingerprint density at radius 3 is 2.91 bits per heavy atom. The number of nitrogen functional groups attached to an aromatic ring is 1. The third-order valence-electron chi connectivity index (χ3n) is 1.32. The lowest BCUT2D eigenvalue weighted by Crippen LogP contribution is -2.35. The predicted octanol–water partition coefficient (Wildman–Crippen LogP) is -0.353. The molecular weight excluding hydrogens is 144 g/mol. The van der Waals surface area contributed by atoms with Gasteiger partial charge in [-0.3, -0.25) is 0 Å². The molecule has 1 rings (SSSR count). The van der Waals surface area contributed by atoms with Crippen LogP contribution in [0.1, 0.15) is 5.69 Å². The predicted molar refractivity (Wildman–Crippen MR) is 41.9 cm³/mol. The second-order valence-corrected chi connectivity index (χ2v) is 2.19. The average molecular weight is 154 g/mol. The van der Waals surface area contributed by atoms with Crippen molar-refractivity contribution in [3.63, 3.8) is 0 Å². The Morgan fingerprint density at radius 2 is 2.36 bits per heavy atom. The molecule has 0 aromatic carbocycles. The normalized spacial score (nSPS) is 9.64. The average Bonchev–Trinajstić information content (AvgIpc) is 1.96. The zero-order valence-corrected chi connectivity index (χ0v) is 6.46. The maximum atomic E-state index is 11.0. The van der Waals surface area contributed by atoms with Crippen LogP contribution in [0.15, 0.2) is 6.07 Å². The maximum absolute atomic E-state index is 11.0. The molecule has 0 bridgehead atoms. The van der Waals surface area contributed by atoms with Crippen LogP contribution in [0.3, 0.4) is 0 Å². The molecule has 0 unspecified atom stereocenters. The second-order valence-electron chi connectivity index (χ2n) is 2.19. The molecule has 0 aliphatic rings. The molecule has 1 aromatic rings. The summed E-state index contributed by atoms with van der Waals surface area (Å²) < 4.78 is 0.549. The zero-order valence-electron chi connectivity index (χ0n) is 6.46. The summed E-state index contributed by atoms with van der Waals surface area (Å²) in [5, 5.41) is 13.7. The fourth-order valence-corrected chi connectivity index (χ4v) is 0.812. The van der Waals surface area contributed by atoms with Gasteiger partial charge < -0.3 is 16.3 Å². The van der Waals surface area contributed by atoms with Crippen molar-refractivity contribution in [2.75, 3.05) is 18.1 Å². The number of aromatic nitrogens is 2. The lowest BCUT2D eigenvalue weighted by Gasteiger charge is -2.11. The number of anilines is 2. The maximum Gasteiger partial charge on any atom is 0.344 e. The second kappa shape index (κ2) is 2.61. The van der Waals surface area contributed by atoms with E-state index in [0.29, 0.717) is 10.5 Å². The van der Waals surface area contributed by atoms with Gasteiger partial charge in [-0.2, -0.15) is 0 Å². The summed E-state index contributed by atoms with van der Waals surface area (Å²) in [6.07, 6.45) is 0. The zero-order chi connectivity index (χ0) is 8.43. The van der Waals surface area contributed by atoms with Gasteiger partial charge in [0.25, 0.3) is 0 Å². The van der Waals surface area contributed by atoms with Gasteiger partial charge in [-0.15, -0.1) is 4.98 Å². The number of nitrogens with one attached hydrogen (secondary N) is 1.